The lowest BCUT2D eigenvalue weighted by Gasteiger charge is -2.32. The summed E-state index contributed by atoms with van der Waals surface area (Å²) in [6, 6.07) is 12.5. The summed E-state index contributed by atoms with van der Waals surface area (Å²) in [6.07, 6.45) is 4.35. The molecule has 0 aliphatic carbocycles. The van der Waals surface area contributed by atoms with Crippen LogP contribution < -0.4 is 16.4 Å². The summed E-state index contributed by atoms with van der Waals surface area (Å²) >= 11 is 0. The number of nitrogens with one attached hydrogen (secondary N) is 3. The highest BCUT2D eigenvalue weighted by Crippen LogP contribution is 2.26. The normalized spacial score (nSPS) is 19.8. The fourth-order valence-electron chi connectivity index (χ4n) is 6.72. The van der Waals surface area contributed by atoms with Crippen molar-refractivity contribution >= 4 is 40.5 Å². The summed E-state index contributed by atoms with van der Waals surface area (Å²) in [5.74, 6) is -3.27. The zero-order valence-corrected chi connectivity index (χ0v) is 26.9. The number of nitrogens with zero attached hydrogens (tertiary/aromatic N) is 2. The molecule has 3 aromatic rings. The number of hydrogen-bond acceptors (Lipinski definition) is 6. The number of fused-ring (bicyclic) bond motifs is 1. The Balaban J connectivity index is 1.31. The van der Waals surface area contributed by atoms with E-state index in [4.69, 9.17) is 5.73 Å². The minimum atomic E-state index is -1.17. The number of carbonyl (C=O) groups is 5. The standard InChI is InChI=1S/C35H44N6O6/c1-21(2)30(35(46)47)39-31(42)27(19-23-20-37-26-13-7-6-12-24(23)26)38-32(43)28-14-8-16-40(28)34(45)29-15-9-17-41(29)33(44)25(36)18-22-10-4-3-5-11-22/h3-7,10-13,20-21,25,27-30,37H,8-9,14-19,36H2,1-2H3,(H,38,43)(H,39,42)(H,46,47). The number of nitrogens with two attached hydrogens (primary N) is 1. The van der Waals surface area contributed by atoms with Crippen LogP contribution >= 0.6 is 0 Å². The second kappa shape index (κ2) is 14.8. The number of carboxylic acid groups (broad SMARTS) is 1. The first kappa shape index (κ1) is 33.6. The minimum absolute atomic E-state index is 0.108. The van der Waals surface area contributed by atoms with Crippen molar-refractivity contribution in [2.75, 3.05) is 13.1 Å². The Labute approximate surface area is 274 Å². The molecule has 2 saturated heterocycles. The van der Waals surface area contributed by atoms with Crippen LogP contribution in [0.4, 0.5) is 0 Å². The smallest absolute Gasteiger partial charge is 0.326 e. The number of aliphatic carboxylic acids is 1. The van der Waals surface area contributed by atoms with E-state index in [9.17, 15) is 29.1 Å². The second-order valence-electron chi connectivity index (χ2n) is 12.9. The van der Waals surface area contributed by atoms with E-state index < -0.39 is 48.0 Å². The van der Waals surface area contributed by atoms with Gasteiger partial charge in [-0.05, 0) is 55.2 Å². The maximum Gasteiger partial charge on any atom is 0.326 e. The summed E-state index contributed by atoms with van der Waals surface area (Å²) in [6.45, 7) is 4.15. The molecule has 2 fully saturated rings. The zero-order valence-electron chi connectivity index (χ0n) is 26.9. The number of aromatic amines is 1. The molecule has 2 aliphatic rings. The number of carboxylic acids is 1. The van der Waals surface area contributed by atoms with Gasteiger partial charge in [0.2, 0.25) is 23.6 Å². The summed E-state index contributed by atoms with van der Waals surface area (Å²) in [5.41, 5.74) is 8.89. The predicted molar refractivity (Wildman–Crippen MR) is 176 cm³/mol. The van der Waals surface area contributed by atoms with Crippen LogP contribution in [0, 0.1) is 5.92 Å². The number of carbonyl (C=O) groups excluding carboxylic acids is 4. The molecule has 3 heterocycles. The van der Waals surface area contributed by atoms with Crippen LogP contribution in [0.3, 0.4) is 0 Å². The van der Waals surface area contributed by atoms with E-state index in [-0.39, 0.29) is 24.2 Å². The van der Waals surface area contributed by atoms with Crippen LogP contribution in [0.5, 0.6) is 0 Å². The van der Waals surface area contributed by atoms with Crippen LogP contribution in [-0.2, 0) is 36.8 Å². The molecule has 5 atom stereocenters. The van der Waals surface area contributed by atoms with Gasteiger partial charge >= 0.3 is 5.97 Å². The Morgan fingerprint density at radius 3 is 2.26 bits per heavy atom. The number of rotatable bonds is 12. The van der Waals surface area contributed by atoms with Crippen LogP contribution in [0.1, 0.15) is 50.7 Å². The lowest BCUT2D eigenvalue weighted by molar-refractivity contribution is -0.147. The van der Waals surface area contributed by atoms with Crippen molar-refractivity contribution in [3.63, 3.8) is 0 Å². The average Bonchev–Trinajstić information content (AvgIpc) is 3.83. The highest BCUT2D eigenvalue weighted by atomic mass is 16.4. The van der Waals surface area contributed by atoms with Gasteiger partial charge in [0.05, 0.1) is 6.04 Å². The van der Waals surface area contributed by atoms with E-state index in [0.717, 1.165) is 22.0 Å². The highest BCUT2D eigenvalue weighted by molar-refractivity contribution is 5.96. The average molecular weight is 645 g/mol. The van der Waals surface area contributed by atoms with Crippen molar-refractivity contribution in [1.29, 1.82) is 0 Å². The van der Waals surface area contributed by atoms with Gasteiger partial charge in [0.15, 0.2) is 0 Å². The number of amides is 4. The third-order valence-corrected chi connectivity index (χ3v) is 9.24. The van der Waals surface area contributed by atoms with E-state index >= 15 is 0 Å². The molecule has 47 heavy (non-hydrogen) atoms. The predicted octanol–water partition coefficient (Wildman–Crippen LogP) is 1.97. The van der Waals surface area contributed by atoms with E-state index in [1.807, 2.05) is 54.6 Å². The highest BCUT2D eigenvalue weighted by Gasteiger charge is 2.43. The van der Waals surface area contributed by atoms with Crippen molar-refractivity contribution < 1.29 is 29.1 Å². The van der Waals surface area contributed by atoms with Crippen LogP contribution in [-0.4, -0.2) is 92.8 Å². The van der Waals surface area contributed by atoms with Crippen molar-refractivity contribution in [1.82, 2.24) is 25.4 Å². The van der Waals surface area contributed by atoms with Crippen molar-refractivity contribution in [2.45, 2.75) is 82.6 Å². The fourth-order valence-corrected chi connectivity index (χ4v) is 6.72. The van der Waals surface area contributed by atoms with Crippen LogP contribution in [0.15, 0.2) is 60.8 Å². The fraction of sp³-hybridized carbons (Fsp3) is 0.457. The molecule has 5 rings (SSSR count). The molecule has 4 amide bonds. The number of hydrogen-bond donors (Lipinski definition) is 5. The SMILES string of the molecule is CC(C)C(NC(=O)C(Cc1c[nH]c2ccccc12)NC(=O)C1CCCN1C(=O)C1CCCN1C(=O)C(N)Cc1ccccc1)C(=O)O. The first-order valence-electron chi connectivity index (χ1n) is 16.3. The number of para-hydroxylation sites is 1. The number of H-pyrrole nitrogens is 1. The molecule has 0 bridgehead atoms. The van der Waals surface area contributed by atoms with Gasteiger partial charge < -0.3 is 36.3 Å². The first-order valence-corrected chi connectivity index (χ1v) is 16.3. The van der Waals surface area contributed by atoms with Gasteiger partial charge in [0, 0.05) is 36.6 Å². The third kappa shape index (κ3) is 7.65. The van der Waals surface area contributed by atoms with E-state index in [1.165, 1.54) is 4.90 Å². The van der Waals surface area contributed by atoms with Gasteiger partial charge in [-0.25, -0.2) is 4.79 Å². The molecule has 5 unspecified atom stereocenters. The van der Waals surface area contributed by atoms with Gasteiger partial charge in [0.25, 0.3) is 0 Å². The van der Waals surface area contributed by atoms with Gasteiger partial charge in [-0.2, -0.15) is 0 Å². The first-order chi connectivity index (χ1) is 22.5. The Bertz CT molecular complexity index is 1610. The molecule has 6 N–H and O–H groups in total. The molecule has 0 spiro atoms. The zero-order chi connectivity index (χ0) is 33.7. The van der Waals surface area contributed by atoms with Crippen molar-refractivity contribution in [3.05, 3.63) is 71.9 Å². The minimum Gasteiger partial charge on any atom is -0.480 e. The lowest BCUT2D eigenvalue weighted by Crippen LogP contribution is -2.58. The Morgan fingerprint density at radius 2 is 1.55 bits per heavy atom. The van der Waals surface area contributed by atoms with E-state index in [0.29, 0.717) is 45.2 Å². The van der Waals surface area contributed by atoms with Crippen LogP contribution in [0.2, 0.25) is 0 Å². The Morgan fingerprint density at radius 1 is 0.894 bits per heavy atom. The molecule has 2 aromatic carbocycles. The molecule has 2 aliphatic heterocycles. The van der Waals surface area contributed by atoms with Gasteiger partial charge in [-0.3, -0.25) is 19.2 Å². The molecule has 0 saturated carbocycles. The molecular formula is C35H44N6O6. The topological polar surface area (TPSA) is 178 Å². The summed E-state index contributed by atoms with van der Waals surface area (Å²) < 4.78 is 0. The van der Waals surface area contributed by atoms with E-state index in [1.54, 1.807) is 24.9 Å². The summed E-state index contributed by atoms with van der Waals surface area (Å²) in [7, 11) is 0. The number of benzene rings is 2. The summed E-state index contributed by atoms with van der Waals surface area (Å²) in [4.78, 5) is 72.9. The Kier molecular flexibility index (Phi) is 10.6. The number of aromatic nitrogens is 1. The Hall–Kier alpha value is -4.71. The molecule has 12 nitrogen and oxygen atoms in total. The monoisotopic (exact) mass is 644 g/mol. The van der Waals surface area contributed by atoms with Crippen molar-refractivity contribution in [2.24, 2.45) is 11.7 Å². The van der Waals surface area contributed by atoms with E-state index in [2.05, 4.69) is 15.6 Å². The summed E-state index contributed by atoms with van der Waals surface area (Å²) in [5, 5.41) is 16.0. The largest absolute Gasteiger partial charge is 0.480 e. The third-order valence-electron chi connectivity index (χ3n) is 9.24. The van der Waals surface area contributed by atoms with Gasteiger partial charge in [-0.15, -0.1) is 0 Å². The van der Waals surface area contributed by atoms with Crippen molar-refractivity contribution in [3.8, 4) is 0 Å². The molecule has 250 valence electrons. The molecule has 0 radical (unpaired) electrons. The van der Waals surface area contributed by atoms with Gasteiger partial charge in [0.1, 0.15) is 24.2 Å². The molecule has 1 aromatic heterocycles. The second-order valence-corrected chi connectivity index (χ2v) is 12.9. The number of likely N-dealkylation sites (tertiary alicyclic amines) is 2. The maximum absolute atomic E-state index is 13.9. The molecule has 12 heteroatoms. The maximum atomic E-state index is 13.9. The lowest BCUT2D eigenvalue weighted by atomic mass is 10.0. The quantitative estimate of drug-likeness (QED) is 0.200. The van der Waals surface area contributed by atoms with Crippen LogP contribution in [0.25, 0.3) is 10.9 Å². The molecular weight excluding hydrogens is 600 g/mol. The van der Waals surface area contributed by atoms with Gasteiger partial charge in [-0.1, -0.05) is 62.4 Å².